The minimum atomic E-state index is 0.0874. The summed E-state index contributed by atoms with van der Waals surface area (Å²) in [4.78, 5) is 14.6. The van der Waals surface area contributed by atoms with Crippen molar-refractivity contribution in [3.8, 4) is 23.0 Å². The van der Waals surface area contributed by atoms with Gasteiger partial charge < -0.3 is 23.8 Å². The van der Waals surface area contributed by atoms with Crippen LogP contribution in [-0.4, -0.2) is 39.9 Å². The van der Waals surface area contributed by atoms with Gasteiger partial charge in [-0.25, -0.2) is 0 Å². The average Bonchev–Trinajstić information content (AvgIpc) is 3.42. The number of rotatable bonds is 7. The van der Waals surface area contributed by atoms with E-state index in [1.54, 1.807) is 32.3 Å². The third-order valence-electron chi connectivity index (χ3n) is 6.03. The molecule has 0 bridgehead atoms. The fourth-order valence-electron chi connectivity index (χ4n) is 4.35. The number of anilines is 1. The van der Waals surface area contributed by atoms with Crippen molar-refractivity contribution in [3.05, 3.63) is 42.0 Å². The molecule has 160 valence electrons. The third kappa shape index (κ3) is 4.18. The first-order chi connectivity index (χ1) is 14.6. The van der Waals surface area contributed by atoms with Crippen LogP contribution >= 0.6 is 0 Å². The number of amides is 1. The number of ether oxygens (including phenoxy) is 4. The van der Waals surface area contributed by atoms with Crippen LogP contribution in [0.2, 0.25) is 0 Å². The fourth-order valence-corrected chi connectivity index (χ4v) is 4.35. The Kier molecular flexibility index (Phi) is 6.02. The summed E-state index contributed by atoms with van der Waals surface area (Å²) in [5.41, 5.74) is 1.88. The topological polar surface area (TPSA) is 57.2 Å². The molecule has 1 saturated carbocycles. The van der Waals surface area contributed by atoms with Crippen molar-refractivity contribution in [3.63, 3.8) is 0 Å². The Morgan fingerprint density at radius 2 is 1.57 bits per heavy atom. The number of methoxy groups -OCH3 is 3. The number of nitrogens with zero attached hydrogens (tertiary/aromatic N) is 1. The summed E-state index contributed by atoms with van der Waals surface area (Å²) in [5, 5.41) is 0. The van der Waals surface area contributed by atoms with E-state index in [1.807, 2.05) is 30.3 Å². The van der Waals surface area contributed by atoms with Crippen molar-refractivity contribution >= 4 is 11.6 Å². The van der Waals surface area contributed by atoms with Crippen LogP contribution in [-0.2, 0) is 4.79 Å². The number of carbonyl (C=O) groups is 1. The molecule has 6 nitrogen and oxygen atoms in total. The maximum Gasteiger partial charge on any atom is 0.227 e. The van der Waals surface area contributed by atoms with Gasteiger partial charge in [0.2, 0.25) is 5.91 Å². The number of benzene rings is 2. The first-order valence-electron chi connectivity index (χ1n) is 10.5. The van der Waals surface area contributed by atoms with Crippen molar-refractivity contribution in [1.82, 2.24) is 0 Å². The number of hydrogen-bond acceptors (Lipinski definition) is 5. The molecule has 0 aromatic heterocycles. The van der Waals surface area contributed by atoms with Gasteiger partial charge in [-0.2, -0.15) is 0 Å². The van der Waals surface area contributed by atoms with Crippen molar-refractivity contribution in [2.75, 3.05) is 32.8 Å². The Balaban J connectivity index is 1.56. The van der Waals surface area contributed by atoms with Gasteiger partial charge in [-0.3, -0.25) is 4.79 Å². The molecule has 0 N–H and O–H groups in total. The van der Waals surface area contributed by atoms with Crippen molar-refractivity contribution in [2.45, 2.75) is 44.1 Å². The van der Waals surface area contributed by atoms with Crippen LogP contribution < -0.4 is 23.8 Å². The molecule has 2 fully saturated rings. The summed E-state index contributed by atoms with van der Waals surface area (Å²) < 4.78 is 22.5. The maximum atomic E-state index is 12.8. The highest BCUT2D eigenvalue weighted by molar-refractivity contribution is 5.97. The van der Waals surface area contributed by atoms with Crippen LogP contribution in [0, 0.1) is 0 Å². The molecular formula is C24H29NO5. The lowest BCUT2D eigenvalue weighted by Gasteiger charge is -2.20. The van der Waals surface area contributed by atoms with Gasteiger partial charge in [-0.05, 0) is 43.4 Å². The molecule has 1 heterocycles. The van der Waals surface area contributed by atoms with Crippen LogP contribution in [0.4, 0.5) is 5.69 Å². The second-order valence-corrected chi connectivity index (χ2v) is 7.91. The molecule has 1 aliphatic carbocycles. The largest absolute Gasteiger partial charge is 0.497 e. The van der Waals surface area contributed by atoms with E-state index in [0.29, 0.717) is 24.5 Å². The van der Waals surface area contributed by atoms with Crippen LogP contribution in [0.3, 0.4) is 0 Å². The zero-order chi connectivity index (χ0) is 21.1. The van der Waals surface area contributed by atoms with E-state index in [0.717, 1.165) is 35.6 Å². The lowest BCUT2D eigenvalue weighted by molar-refractivity contribution is -0.117. The first kappa shape index (κ1) is 20.4. The number of carbonyl (C=O) groups excluding carboxylic acids is 1. The Morgan fingerprint density at radius 1 is 0.867 bits per heavy atom. The molecular weight excluding hydrogens is 382 g/mol. The van der Waals surface area contributed by atoms with E-state index in [9.17, 15) is 4.79 Å². The van der Waals surface area contributed by atoms with Gasteiger partial charge in [-0.15, -0.1) is 0 Å². The van der Waals surface area contributed by atoms with Gasteiger partial charge in [0.25, 0.3) is 0 Å². The van der Waals surface area contributed by atoms with Crippen LogP contribution in [0.15, 0.2) is 36.4 Å². The molecule has 1 atom stereocenters. The van der Waals surface area contributed by atoms with Crippen molar-refractivity contribution < 1.29 is 23.7 Å². The Hall–Kier alpha value is -2.89. The molecule has 6 heteroatoms. The third-order valence-corrected chi connectivity index (χ3v) is 6.03. The molecule has 1 unspecified atom stereocenters. The van der Waals surface area contributed by atoms with Gasteiger partial charge >= 0.3 is 0 Å². The summed E-state index contributed by atoms with van der Waals surface area (Å²) in [5.74, 6) is 3.02. The zero-order valence-electron chi connectivity index (χ0n) is 17.8. The summed E-state index contributed by atoms with van der Waals surface area (Å²) in [6, 6.07) is 11.6. The Labute approximate surface area is 177 Å². The Morgan fingerprint density at radius 3 is 2.20 bits per heavy atom. The molecule has 30 heavy (non-hydrogen) atoms. The maximum absolute atomic E-state index is 12.8. The SMILES string of the molecule is COc1cc(OC)cc(N2CC(c3ccc(OC)c(OC4CCCC4)c3)CC2=O)c1. The highest BCUT2D eigenvalue weighted by Crippen LogP contribution is 2.39. The van der Waals surface area contributed by atoms with Crippen LogP contribution in [0.5, 0.6) is 23.0 Å². The van der Waals surface area contributed by atoms with E-state index >= 15 is 0 Å². The lowest BCUT2D eigenvalue weighted by Crippen LogP contribution is -2.24. The standard InChI is InChI=1S/C24H29NO5/c1-27-20-12-18(13-21(14-20)28-2)25-15-17(11-24(25)26)16-8-9-22(29-3)23(10-16)30-19-6-4-5-7-19/h8-10,12-14,17,19H,4-7,11,15H2,1-3H3. The normalized spacial score (nSPS) is 19.2. The predicted octanol–water partition coefficient (Wildman–Crippen LogP) is 4.55. The van der Waals surface area contributed by atoms with Gasteiger partial charge in [0, 0.05) is 37.1 Å². The molecule has 1 saturated heterocycles. The quantitative estimate of drug-likeness (QED) is 0.669. The second kappa shape index (κ2) is 8.86. The van der Waals surface area contributed by atoms with E-state index in [4.69, 9.17) is 18.9 Å². The van der Waals surface area contributed by atoms with Crippen LogP contribution in [0.25, 0.3) is 0 Å². The fraction of sp³-hybridized carbons (Fsp3) is 0.458. The molecule has 2 aliphatic rings. The van der Waals surface area contributed by atoms with Gasteiger partial charge in [0.05, 0.1) is 33.1 Å². The van der Waals surface area contributed by atoms with Crippen molar-refractivity contribution in [1.29, 1.82) is 0 Å². The smallest absolute Gasteiger partial charge is 0.227 e. The highest BCUT2D eigenvalue weighted by atomic mass is 16.5. The van der Waals surface area contributed by atoms with E-state index in [2.05, 4.69) is 0 Å². The molecule has 2 aromatic rings. The van der Waals surface area contributed by atoms with Gasteiger partial charge in [0.1, 0.15) is 11.5 Å². The minimum absolute atomic E-state index is 0.0874. The zero-order valence-corrected chi connectivity index (χ0v) is 17.8. The molecule has 1 amide bonds. The van der Waals surface area contributed by atoms with Crippen LogP contribution in [0.1, 0.15) is 43.6 Å². The van der Waals surface area contributed by atoms with Crippen molar-refractivity contribution in [2.24, 2.45) is 0 Å². The predicted molar refractivity (Wildman–Crippen MR) is 115 cm³/mol. The molecule has 0 spiro atoms. The summed E-state index contributed by atoms with van der Waals surface area (Å²) >= 11 is 0. The Bertz CT molecular complexity index is 884. The lowest BCUT2D eigenvalue weighted by atomic mass is 9.98. The second-order valence-electron chi connectivity index (χ2n) is 7.91. The van der Waals surface area contributed by atoms with E-state index in [1.165, 1.54) is 12.8 Å². The molecule has 4 rings (SSSR count). The molecule has 1 aliphatic heterocycles. The van der Waals surface area contributed by atoms with E-state index < -0.39 is 0 Å². The molecule has 0 radical (unpaired) electrons. The summed E-state index contributed by atoms with van der Waals surface area (Å²) in [6.07, 6.45) is 5.29. The number of hydrogen-bond donors (Lipinski definition) is 0. The van der Waals surface area contributed by atoms with Gasteiger partial charge in [0.15, 0.2) is 11.5 Å². The monoisotopic (exact) mass is 411 g/mol. The molecule has 2 aromatic carbocycles. The summed E-state index contributed by atoms with van der Waals surface area (Å²) in [6.45, 7) is 0.602. The average molecular weight is 411 g/mol. The summed E-state index contributed by atoms with van der Waals surface area (Å²) in [7, 11) is 4.88. The van der Waals surface area contributed by atoms with E-state index in [-0.39, 0.29) is 17.9 Å². The van der Waals surface area contributed by atoms with Gasteiger partial charge in [-0.1, -0.05) is 6.07 Å². The minimum Gasteiger partial charge on any atom is -0.497 e. The first-order valence-corrected chi connectivity index (χ1v) is 10.5. The highest BCUT2D eigenvalue weighted by Gasteiger charge is 2.33.